The van der Waals surface area contributed by atoms with E-state index in [0.29, 0.717) is 18.6 Å². The van der Waals surface area contributed by atoms with Crippen molar-refractivity contribution < 1.29 is 14.6 Å². The van der Waals surface area contributed by atoms with Crippen LogP contribution in [0.2, 0.25) is 0 Å². The molecule has 21 heavy (non-hydrogen) atoms. The van der Waals surface area contributed by atoms with E-state index in [4.69, 9.17) is 4.74 Å². The molecule has 0 aliphatic rings. The van der Waals surface area contributed by atoms with Crippen molar-refractivity contribution in [2.75, 3.05) is 6.61 Å². The van der Waals surface area contributed by atoms with Gasteiger partial charge in [-0.2, -0.15) is 0 Å². The lowest BCUT2D eigenvalue weighted by atomic mass is 9.89. The summed E-state index contributed by atoms with van der Waals surface area (Å²) >= 11 is 0. The maximum atomic E-state index is 12.0. The highest BCUT2D eigenvalue weighted by molar-refractivity contribution is 5.88. The smallest absolute Gasteiger partial charge is 0.342 e. The molecule has 0 saturated carbocycles. The van der Waals surface area contributed by atoms with E-state index in [9.17, 15) is 9.90 Å². The summed E-state index contributed by atoms with van der Waals surface area (Å²) < 4.78 is 5.05. The quantitative estimate of drug-likeness (QED) is 0.514. The van der Waals surface area contributed by atoms with Gasteiger partial charge in [0.2, 0.25) is 0 Å². The maximum Gasteiger partial charge on any atom is 0.342 e. The summed E-state index contributed by atoms with van der Waals surface area (Å²) in [5.41, 5.74) is 4.06. The number of aliphatic hydroxyl groups is 1. The molecule has 0 aliphatic carbocycles. The standard InChI is InChI=1S/C18H24O3/c1-5-21-17(20)15(11-12-16(19)18(2,3)4)13-14-9-7-6-8-10-14/h6-10,12,16,19H,5,13H2,1-4H3. The number of rotatable bonds is 5. The molecule has 1 N–H and O–H groups in total. The Bertz CT molecular complexity index is 517. The molecule has 1 aromatic rings. The number of hydrogen-bond donors (Lipinski definition) is 1. The molecule has 3 nitrogen and oxygen atoms in total. The Morgan fingerprint density at radius 3 is 2.48 bits per heavy atom. The minimum atomic E-state index is -0.669. The number of carbonyl (C=O) groups is 1. The van der Waals surface area contributed by atoms with E-state index in [2.05, 4.69) is 5.73 Å². The monoisotopic (exact) mass is 288 g/mol. The van der Waals surface area contributed by atoms with Crippen LogP contribution in [0.5, 0.6) is 0 Å². The summed E-state index contributed by atoms with van der Waals surface area (Å²) in [4.78, 5) is 12.0. The largest absolute Gasteiger partial charge is 0.462 e. The molecule has 0 aromatic heterocycles. The minimum absolute atomic E-state index is 0.292. The van der Waals surface area contributed by atoms with E-state index in [1.807, 2.05) is 51.1 Å². The molecule has 0 radical (unpaired) electrons. The normalized spacial score (nSPS) is 12.2. The molecular formula is C18H24O3. The van der Waals surface area contributed by atoms with Gasteiger partial charge in [0.05, 0.1) is 18.3 Å². The Morgan fingerprint density at radius 1 is 1.33 bits per heavy atom. The first-order valence-electron chi connectivity index (χ1n) is 7.19. The number of carbonyl (C=O) groups excluding carboxylic acids is 1. The van der Waals surface area contributed by atoms with Crippen LogP contribution >= 0.6 is 0 Å². The van der Waals surface area contributed by atoms with Crippen LogP contribution in [0.4, 0.5) is 0 Å². The van der Waals surface area contributed by atoms with Gasteiger partial charge >= 0.3 is 5.97 Å². The SMILES string of the molecule is CCOC(=O)C(=C=CC(O)C(C)(C)C)Cc1ccccc1. The Labute approximate surface area is 127 Å². The number of esters is 1. The summed E-state index contributed by atoms with van der Waals surface area (Å²) in [6.07, 6.45) is 1.31. The lowest BCUT2D eigenvalue weighted by Gasteiger charge is -2.21. The number of ether oxygens (including phenoxy) is 1. The van der Waals surface area contributed by atoms with Gasteiger partial charge in [-0.15, -0.1) is 5.73 Å². The minimum Gasteiger partial charge on any atom is -0.462 e. The van der Waals surface area contributed by atoms with Gasteiger partial charge in [-0.1, -0.05) is 51.1 Å². The van der Waals surface area contributed by atoms with Crippen LogP contribution in [0, 0.1) is 5.41 Å². The molecule has 1 atom stereocenters. The third kappa shape index (κ3) is 5.99. The second-order valence-electron chi connectivity index (χ2n) is 5.98. The fraction of sp³-hybridized carbons (Fsp3) is 0.444. The molecule has 1 unspecified atom stereocenters. The Kier molecular flexibility index (Phi) is 6.41. The molecule has 114 valence electrons. The van der Waals surface area contributed by atoms with Gasteiger partial charge in [0.1, 0.15) is 0 Å². The molecule has 1 rings (SSSR count). The van der Waals surface area contributed by atoms with Gasteiger partial charge in [0.25, 0.3) is 0 Å². The topological polar surface area (TPSA) is 46.5 Å². The van der Waals surface area contributed by atoms with Gasteiger partial charge in [0, 0.05) is 6.42 Å². The van der Waals surface area contributed by atoms with Crippen molar-refractivity contribution in [2.24, 2.45) is 5.41 Å². The predicted octanol–water partition coefficient (Wildman–Crippen LogP) is 3.28. The number of hydrogen-bond acceptors (Lipinski definition) is 3. The van der Waals surface area contributed by atoms with Crippen LogP contribution in [0.3, 0.4) is 0 Å². The van der Waals surface area contributed by atoms with Crippen molar-refractivity contribution >= 4 is 5.97 Å². The van der Waals surface area contributed by atoms with E-state index >= 15 is 0 Å². The zero-order valence-corrected chi connectivity index (χ0v) is 13.2. The summed E-state index contributed by atoms with van der Waals surface area (Å²) in [5.74, 6) is -0.390. The fourth-order valence-electron chi connectivity index (χ4n) is 1.63. The third-order valence-corrected chi connectivity index (χ3v) is 3.05. The van der Waals surface area contributed by atoms with Crippen molar-refractivity contribution in [3.8, 4) is 0 Å². The average Bonchev–Trinajstić information content (AvgIpc) is 2.43. The molecule has 0 amide bonds. The van der Waals surface area contributed by atoms with E-state index in [1.54, 1.807) is 6.92 Å². The van der Waals surface area contributed by atoms with Gasteiger partial charge in [-0.3, -0.25) is 0 Å². The fourth-order valence-corrected chi connectivity index (χ4v) is 1.63. The summed E-state index contributed by atoms with van der Waals surface area (Å²) in [5, 5.41) is 10.0. The van der Waals surface area contributed by atoms with Gasteiger partial charge in [-0.05, 0) is 24.0 Å². The van der Waals surface area contributed by atoms with Crippen LogP contribution in [0.25, 0.3) is 0 Å². The second kappa shape index (κ2) is 7.82. The van der Waals surface area contributed by atoms with Crippen LogP contribution in [0.15, 0.2) is 47.7 Å². The van der Waals surface area contributed by atoms with E-state index in [1.165, 1.54) is 6.08 Å². The van der Waals surface area contributed by atoms with Crippen molar-refractivity contribution in [1.29, 1.82) is 0 Å². The van der Waals surface area contributed by atoms with Gasteiger partial charge < -0.3 is 9.84 Å². The lowest BCUT2D eigenvalue weighted by molar-refractivity contribution is -0.138. The first kappa shape index (κ1) is 17.2. The zero-order valence-electron chi connectivity index (χ0n) is 13.2. The maximum absolute atomic E-state index is 12.0. The van der Waals surface area contributed by atoms with Crippen molar-refractivity contribution in [2.45, 2.75) is 40.2 Å². The van der Waals surface area contributed by atoms with Gasteiger partial charge in [0.15, 0.2) is 0 Å². The summed E-state index contributed by atoms with van der Waals surface area (Å²) in [6, 6.07) is 9.66. The van der Waals surface area contributed by atoms with E-state index < -0.39 is 12.1 Å². The average molecular weight is 288 g/mol. The molecule has 0 heterocycles. The van der Waals surface area contributed by atoms with Gasteiger partial charge in [-0.25, -0.2) is 4.79 Å². The van der Waals surface area contributed by atoms with Crippen molar-refractivity contribution in [3.63, 3.8) is 0 Å². The second-order valence-corrected chi connectivity index (χ2v) is 5.98. The predicted molar refractivity (Wildman–Crippen MR) is 83.8 cm³/mol. The molecular weight excluding hydrogens is 264 g/mol. The summed E-state index contributed by atoms with van der Waals surface area (Å²) in [6.45, 7) is 7.87. The van der Waals surface area contributed by atoms with Crippen LogP contribution < -0.4 is 0 Å². The van der Waals surface area contributed by atoms with Crippen molar-refractivity contribution in [1.82, 2.24) is 0 Å². The Balaban J connectivity index is 3.02. The highest BCUT2D eigenvalue weighted by atomic mass is 16.5. The zero-order chi connectivity index (χ0) is 15.9. The Hall–Kier alpha value is -1.83. The molecule has 0 saturated heterocycles. The lowest BCUT2D eigenvalue weighted by Crippen LogP contribution is -2.23. The highest BCUT2D eigenvalue weighted by Crippen LogP contribution is 2.20. The number of benzene rings is 1. The van der Waals surface area contributed by atoms with Crippen LogP contribution in [-0.4, -0.2) is 23.8 Å². The Morgan fingerprint density at radius 2 is 1.95 bits per heavy atom. The molecule has 3 heteroatoms. The third-order valence-electron chi connectivity index (χ3n) is 3.05. The molecule has 0 spiro atoms. The number of aliphatic hydroxyl groups excluding tert-OH is 1. The molecule has 0 bridgehead atoms. The highest BCUT2D eigenvalue weighted by Gasteiger charge is 2.19. The van der Waals surface area contributed by atoms with Crippen molar-refractivity contribution in [3.05, 3.63) is 53.3 Å². The van der Waals surface area contributed by atoms with E-state index in [0.717, 1.165) is 5.56 Å². The molecule has 0 fully saturated rings. The first-order valence-corrected chi connectivity index (χ1v) is 7.19. The van der Waals surface area contributed by atoms with Crippen LogP contribution in [-0.2, 0) is 16.0 Å². The first-order chi connectivity index (χ1) is 9.84. The molecule has 0 aliphatic heterocycles. The van der Waals surface area contributed by atoms with Crippen LogP contribution in [0.1, 0.15) is 33.3 Å². The van der Waals surface area contributed by atoms with E-state index in [-0.39, 0.29) is 5.41 Å². The summed E-state index contributed by atoms with van der Waals surface area (Å²) in [7, 11) is 0. The molecule has 1 aromatic carbocycles.